The number of piperidine rings is 1. The Morgan fingerprint density at radius 3 is 2.44 bits per heavy atom. The van der Waals surface area contributed by atoms with E-state index in [0.29, 0.717) is 34.2 Å². The molecule has 1 saturated carbocycles. The summed E-state index contributed by atoms with van der Waals surface area (Å²) in [4.78, 5) is 11.8. The van der Waals surface area contributed by atoms with Crippen molar-refractivity contribution in [3.8, 4) is 23.1 Å². The maximum absolute atomic E-state index is 15.5. The van der Waals surface area contributed by atoms with Crippen LogP contribution in [0, 0.1) is 23.0 Å². The van der Waals surface area contributed by atoms with Gasteiger partial charge < -0.3 is 4.90 Å². The highest BCUT2D eigenvalue weighted by Gasteiger charge is 2.27. The molecule has 1 saturated heterocycles. The number of imidazole rings is 1. The third-order valence-corrected chi connectivity index (χ3v) is 6.83. The third-order valence-electron chi connectivity index (χ3n) is 6.83. The smallest absolute Gasteiger partial charge is 0.167 e. The molecule has 1 aliphatic heterocycles. The Bertz CT molecular complexity index is 1440. The van der Waals surface area contributed by atoms with Crippen molar-refractivity contribution in [2.24, 2.45) is 0 Å². The SMILES string of the molecule is N#Cc1ccc(-c2nc3c(N4CCCCC4)ccnc3n2-c2ccc(C3CC3)cc2F)cc1F. The summed E-state index contributed by atoms with van der Waals surface area (Å²) in [6.07, 6.45) is 7.31. The molecule has 2 aromatic carbocycles. The molecule has 0 atom stereocenters. The van der Waals surface area contributed by atoms with Crippen LogP contribution < -0.4 is 4.90 Å². The van der Waals surface area contributed by atoms with Crippen molar-refractivity contribution in [3.05, 3.63) is 71.4 Å². The molecule has 4 aromatic rings. The second kappa shape index (κ2) is 8.21. The fourth-order valence-electron chi connectivity index (χ4n) is 4.89. The minimum Gasteiger partial charge on any atom is -0.370 e. The topological polar surface area (TPSA) is 57.7 Å². The summed E-state index contributed by atoms with van der Waals surface area (Å²) in [5, 5.41) is 9.14. The van der Waals surface area contributed by atoms with Gasteiger partial charge in [-0.2, -0.15) is 5.26 Å². The summed E-state index contributed by atoms with van der Waals surface area (Å²) in [5.74, 6) is -0.163. The molecular formula is C27H23F2N5. The summed E-state index contributed by atoms with van der Waals surface area (Å²) in [6.45, 7) is 1.86. The van der Waals surface area contributed by atoms with E-state index in [1.54, 1.807) is 29.0 Å². The molecule has 2 aliphatic rings. The van der Waals surface area contributed by atoms with Crippen LogP contribution in [0.3, 0.4) is 0 Å². The van der Waals surface area contributed by atoms with Crippen molar-refractivity contribution in [1.82, 2.24) is 14.5 Å². The molecule has 2 aromatic heterocycles. The average Bonchev–Trinajstić information content (AvgIpc) is 3.64. The Morgan fingerprint density at radius 1 is 0.912 bits per heavy atom. The van der Waals surface area contributed by atoms with E-state index in [-0.39, 0.29) is 11.4 Å². The van der Waals surface area contributed by atoms with Crippen molar-refractivity contribution < 1.29 is 8.78 Å². The lowest BCUT2D eigenvalue weighted by atomic mass is 10.1. The molecule has 7 heteroatoms. The first-order valence-corrected chi connectivity index (χ1v) is 11.8. The van der Waals surface area contributed by atoms with Crippen LogP contribution >= 0.6 is 0 Å². The Hall–Kier alpha value is -3.79. The molecule has 6 rings (SSSR count). The predicted octanol–water partition coefficient (Wildman–Crippen LogP) is 6.11. The number of hydrogen-bond donors (Lipinski definition) is 0. The molecule has 0 unspecified atom stereocenters. The van der Waals surface area contributed by atoms with Crippen LogP contribution in [0.15, 0.2) is 48.7 Å². The average molecular weight is 456 g/mol. The standard InChI is InChI=1S/C27H23F2N5/c28-21-15-19(6-7-20(21)16-30)26-32-25-24(33-12-2-1-3-13-33)10-11-31-27(25)34(26)23-9-8-18(14-22(23)29)17-4-5-17/h6-11,14-15,17H,1-5,12-13H2. The van der Waals surface area contributed by atoms with Gasteiger partial charge in [-0.15, -0.1) is 0 Å². The zero-order valence-electron chi connectivity index (χ0n) is 18.6. The normalized spacial score (nSPS) is 16.1. The molecule has 0 bridgehead atoms. The maximum atomic E-state index is 15.5. The first-order valence-electron chi connectivity index (χ1n) is 11.8. The molecular weight excluding hydrogens is 432 g/mol. The van der Waals surface area contributed by atoms with Gasteiger partial charge in [0.15, 0.2) is 5.65 Å². The highest BCUT2D eigenvalue weighted by atomic mass is 19.1. The van der Waals surface area contributed by atoms with E-state index in [2.05, 4.69) is 9.88 Å². The molecule has 0 spiro atoms. The minimum atomic E-state index is -0.632. The van der Waals surface area contributed by atoms with E-state index < -0.39 is 5.82 Å². The van der Waals surface area contributed by atoms with Gasteiger partial charge in [0.1, 0.15) is 29.0 Å². The summed E-state index contributed by atoms with van der Waals surface area (Å²) in [6, 6.07) is 13.5. The molecule has 3 heterocycles. The van der Waals surface area contributed by atoms with Crippen molar-refractivity contribution in [1.29, 1.82) is 5.26 Å². The highest BCUT2D eigenvalue weighted by Crippen LogP contribution is 2.41. The number of fused-ring (bicyclic) bond motifs is 1. The van der Waals surface area contributed by atoms with Crippen LogP contribution in [0.1, 0.15) is 49.1 Å². The molecule has 170 valence electrons. The van der Waals surface area contributed by atoms with Gasteiger partial charge >= 0.3 is 0 Å². The van der Waals surface area contributed by atoms with Crippen LogP contribution in [0.2, 0.25) is 0 Å². The number of halogens is 2. The van der Waals surface area contributed by atoms with E-state index in [4.69, 9.17) is 10.2 Å². The van der Waals surface area contributed by atoms with Gasteiger partial charge in [0.25, 0.3) is 0 Å². The Morgan fingerprint density at radius 2 is 1.74 bits per heavy atom. The number of anilines is 1. The summed E-state index contributed by atoms with van der Waals surface area (Å²) < 4.78 is 31.7. The number of benzene rings is 2. The van der Waals surface area contributed by atoms with Crippen LogP contribution in [0.5, 0.6) is 0 Å². The second-order valence-electron chi connectivity index (χ2n) is 9.11. The minimum absolute atomic E-state index is 0.0430. The molecule has 5 nitrogen and oxygen atoms in total. The predicted molar refractivity (Wildman–Crippen MR) is 127 cm³/mol. The van der Waals surface area contributed by atoms with E-state index in [0.717, 1.165) is 50.0 Å². The van der Waals surface area contributed by atoms with Gasteiger partial charge in [-0.1, -0.05) is 6.07 Å². The fourth-order valence-corrected chi connectivity index (χ4v) is 4.89. The molecule has 2 fully saturated rings. The lowest BCUT2D eigenvalue weighted by Gasteiger charge is -2.28. The van der Waals surface area contributed by atoms with Gasteiger partial charge in [0.2, 0.25) is 0 Å². The van der Waals surface area contributed by atoms with Gasteiger partial charge in [-0.3, -0.25) is 4.57 Å². The Kier molecular flexibility index (Phi) is 5.02. The fraction of sp³-hybridized carbons (Fsp3) is 0.296. The molecule has 34 heavy (non-hydrogen) atoms. The Balaban J connectivity index is 1.59. The van der Waals surface area contributed by atoms with E-state index in [1.807, 2.05) is 18.2 Å². The Labute approximate surface area is 196 Å². The summed E-state index contributed by atoms with van der Waals surface area (Å²) in [7, 11) is 0. The summed E-state index contributed by atoms with van der Waals surface area (Å²) >= 11 is 0. The van der Waals surface area contributed by atoms with E-state index in [9.17, 15) is 4.39 Å². The zero-order valence-corrected chi connectivity index (χ0v) is 18.6. The van der Waals surface area contributed by atoms with Crippen LogP contribution in [-0.4, -0.2) is 27.6 Å². The zero-order chi connectivity index (χ0) is 23.2. The third kappa shape index (κ3) is 3.50. The molecule has 1 aliphatic carbocycles. The lowest BCUT2D eigenvalue weighted by Crippen LogP contribution is -2.29. The number of rotatable bonds is 4. The highest BCUT2D eigenvalue weighted by molar-refractivity contribution is 5.90. The monoisotopic (exact) mass is 455 g/mol. The van der Waals surface area contributed by atoms with Crippen molar-refractivity contribution in [2.75, 3.05) is 18.0 Å². The largest absolute Gasteiger partial charge is 0.370 e. The van der Waals surface area contributed by atoms with Gasteiger partial charge in [-0.25, -0.2) is 18.7 Å². The van der Waals surface area contributed by atoms with E-state index in [1.165, 1.54) is 18.6 Å². The first-order chi connectivity index (χ1) is 16.6. The van der Waals surface area contributed by atoms with E-state index >= 15 is 4.39 Å². The van der Waals surface area contributed by atoms with Crippen LogP contribution in [0.4, 0.5) is 14.5 Å². The maximum Gasteiger partial charge on any atom is 0.167 e. The van der Waals surface area contributed by atoms with Crippen molar-refractivity contribution in [3.63, 3.8) is 0 Å². The lowest BCUT2D eigenvalue weighted by molar-refractivity contribution is 0.578. The number of nitrogens with zero attached hydrogens (tertiary/aromatic N) is 5. The molecule has 0 N–H and O–H groups in total. The second-order valence-corrected chi connectivity index (χ2v) is 9.11. The number of nitriles is 1. The number of pyridine rings is 1. The van der Waals surface area contributed by atoms with Gasteiger partial charge in [0, 0.05) is 24.8 Å². The first kappa shape index (κ1) is 20.8. The van der Waals surface area contributed by atoms with Crippen LogP contribution in [-0.2, 0) is 0 Å². The molecule has 0 amide bonds. The van der Waals surface area contributed by atoms with Gasteiger partial charge in [0.05, 0.1) is 16.9 Å². The quantitative estimate of drug-likeness (QED) is 0.373. The molecule has 0 radical (unpaired) electrons. The number of aromatic nitrogens is 3. The summed E-state index contributed by atoms with van der Waals surface area (Å²) in [5.41, 5.74) is 3.89. The van der Waals surface area contributed by atoms with Gasteiger partial charge in [-0.05, 0) is 80.0 Å². The van der Waals surface area contributed by atoms with Crippen molar-refractivity contribution in [2.45, 2.75) is 38.0 Å². The van der Waals surface area contributed by atoms with Crippen LogP contribution in [0.25, 0.3) is 28.2 Å². The van der Waals surface area contributed by atoms with Crippen molar-refractivity contribution >= 4 is 16.9 Å². The number of hydrogen-bond acceptors (Lipinski definition) is 4.